The number of nitrogens with zero attached hydrogens (tertiary/aromatic N) is 2. The highest BCUT2D eigenvalue weighted by Crippen LogP contribution is 2.26. The van der Waals surface area contributed by atoms with Crippen molar-refractivity contribution in [1.29, 1.82) is 0 Å². The molecule has 336 valence electrons. The van der Waals surface area contributed by atoms with Crippen molar-refractivity contribution >= 4 is 81.0 Å². The second-order valence-electron chi connectivity index (χ2n) is 14.9. The summed E-state index contributed by atoms with van der Waals surface area (Å²) < 4.78 is 0. The fourth-order valence-electron chi connectivity index (χ4n) is 6.90. The molecule has 2 atom stereocenters. The standard InChI is InChI=1S/C24H25N3O2S2.C15H18N2OS2.C9H9NO2.CH4/c1-30-12-10-20(27-24(29)18-7-8-19-17(13-18)9-11-25-19)22(28)14-23-26-21(15-31-23)16-5-3-2-4-6-16;1-19-8-7-12(16)14(18)9-15-17-13(10-20-15)11-5-3-2-4-6-11;11-9(12)7-1-2-8-6(5-7)3-4-10-8;/h2-8,13,15,20,25H,9-12,14H2,1H3,(H,27,29);2-6,10,12H,7-9,16H2,1H3;1-2,5,10H,3-4H2,(H,11,12);1H4/t20-;12-;;/m00../s1. The van der Waals surface area contributed by atoms with Crippen LogP contribution < -0.4 is 21.7 Å². The third-order valence-corrected chi connectivity index (χ3v) is 13.4. The number of nitrogens with two attached hydrogens (primary N) is 1. The molecule has 4 heterocycles. The van der Waals surface area contributed by atoms with E-state index in [9.17, 15) is 19.2 Å². The Morgan fingerprint density at radius 3 is 1.70 bits per heavy atom. The average Bonchev–Trinajstić information content (AvgIpc) is 4.16. The minimum atomic E-state index is -0.857. The van der Waals surface area contributed by atoms with Gasteiger partial charge in [-0.05, 0) is 97.2 Å². The molecule has 0 unspecified atom stereocenters. The van der Waals surface area contributed by atoms with Gasteiger partial charge in [-0.3, -0.25) is 14.4 Å². The van der Waals surface area contributed by atoms with Gasteiger partial charge < -0.3 is 26.8 Å². The van der Waals surface area contributed by atoms with Gasteiger partial charge in [-0.15, -0.1) is 22.7 Å². The summed E-state index contributed by atoms with van der Waals surface area (Å²) in [7, 11) is 0. The molecule has 2 aliphatic rings. The second kappa shape index (κ2) is 25.2. The summed E-state index contributed by atoms with van der Waals surface area (Å²) in [4.78, 5) is 57.6. The van der Waals surface area contributed by atoms with Crippen LogP contribution in [0.15, 0.2) is 108 Å². The Labute approximate surface area is 392 Å². The van der Waals surface area contributed by atoms with Crippen LogP contribution in [-0.2, 0) is 35.3 Å². The maximum absolute atomic E-state index is 13.1. The normalized spacial score (nSPS) is 12.9. The summed E-state index contributed by atoms with van der Waals surface area (Å²) in [6, 6.07) is 29.9. The first-order chi connectivity index (χ1) is 30.6. The molecule has 64 heavy (non-hydrogen) atoms. The quantitative estimate of drug-likeness (QED) is 0.0587. The molecule has 0 aliphatic carbocycles. The fraction of sp³-hybridized carbons (Fsp3) is 0.306. The van der Waals surface area contributed by atoms with Gasteiger partial charge in [0.05, 0.1) is 41.9 Å². The zero-order valence-electron chi connectivity index (χ0n) is 35.3. The summed E-state index contributed by atoms with van der Waals surface area (Å²) in [5.74, 6) is 0.744. The van der Waals surface area contributed by atoms with Gasteiger partial charge in [-0.2, -0.15) is 23.5 Å². The lowest BCUT2D eigenvalue weighted by atomic mass is 10.0. The van der Waals surface area contributed by atoms with E-state index in [4.69, 9.17) is 10.8 Å². The van der Waals surface area contributed by atoms with Gasteiger partial charge >= 0.3 is 5.97 Å². The van der Waals surface area contributed by atoms with Crippen LogP contribution in [0.4, 0.5) is 11.4 Å². The van der Waals surface area contributed by atoms with E-state index in [2.05, 4.69) is 25.9 Å². The van der Waals surface area contributed by atoms with Crippen molar-refractivity contribution in [3.63, 3.8) is 0 Å². The molecule has 0 spiro atoms. The lowest BCUT2D eigenvalue weighted by molar-refractivity contribution is -0.120. The van der Waals surface area contributed by atoms with Crippen LogP contribution in [0.1, 0.15) is 62.1 Å². The molecule has 0 bridgehead atoms. The highest BCUT2D eigenvalue weighted by atomic mass is 32.2. The number of benzene rings is 4. The number of Topliss-reactive ketones (excluding diaryl/α,β-unsaturated/α-hetero) is 2. The molecule has 11 nitrogen and oxygen atoms in total. The molecule has 4 aromatic carbocycles. The molecule has 6 N–H and O–H groups in total. The van der Waals surface area contributed by atoms with Gasteiger partial charge in [0.1, 0.15) is 10.0 Å². The summed E-state index contributed by atoms with van der Waals surface area (Å²) in [6.07, 6.45) is 7.77. The maximum Gasteiger partial charge on any atom is 0.335 e. The predicted octanol–water partition coefficient (Wildman–Crippen LogP) is 9.43. The van der Waals surface area contributed by atoms with Gasteiger partial charge in [0.2, 0.25) is 0 Å². The van der Waals surface area contributed by atoms with Gasteiger partial charge in [-0.25, -0.2) is 14.8 Å². The first-order valence-electron chi connectivity index (χ1n) is 20.7. The lowest BCUT2D eigenvalue weighted by Gasteiger charge is -2.17. The minimum absolute atomic E-state index is 0. The number of thiazole rings is 2. The average molecular weight is 937 g/mol. The largest absolute Gasteiger partial charge is 0.478 e. The smallest absolute Gasteiger partial charge is 0.335 e. The van der Waals surface area contributed by atoms with Gasteiger partial charge in [0, 0.05) is 51.9 Å². The van der Waals surface area contributed by atoms with Crippen molar-refractivity contribution in [2.45, 2.75) is 58.0 Å². The number of carboxylic acid groups (broad SMARTS) is 1. The number of anilines is 2. The molecule has 6 aromatic rings. The van der Waals surface area contributed by atoms with Crippen LogP contribution in [0.3, 0.4) is 0 Å². The number of rotatable bonds is 17. The van der Waals surface area contributed by atoms with Crippen molar-refractivity contribution in [2.24, 2.45) is 5.73 Å². The van der Waals surface area contributed by atoms with Gasteiger partial charge in [-0.1, -0.05) is 68.1 Å². The molecule has 0 saturated heterocycles. The number of hydrogen-bond acceptors (Lipinski definition) is 13. The SMILES string of the molecule is C.CSCC[C@H](N)C(=O)Cc1nc(-c2ccccc2)cs1.CSCC[C@H](NC(=O)c1ccc2c(c1)CCN2)C(=O)Cc1nc(-c2ccccc2)cs1.O=C(O)c1ccc2c(c1)CCN2. The van der Waals surface area contributed by atoms with Crippen molar-refractivity contribution < 1.29 is 24.3 Å². The molecule has 0 fully saturated rings. The van der Waals surface area contributed by atoms with E-state index in [1.165, 1.54) is 22.7 Å². The number of aromatic nitrogens is 2. The molecule has 15 heteroatoms. The van der Waals surface area contributed by atoms with Crippen molar-refractivity contribution in [3.05, 3.63) is 140 Å². The third kappa shape index (κ3) is 14.3. The van der Waals surface area contributed by atoms with Crippen LogP contribution in [0, 0.1) is 0 Å². The monoisotopic (exact) mass is 936 g/mol. The fourth-order valence-corrected chi connectivity index (χ4v) is 9.49. The van der Waals surface area contributed by atoms with Crippen LogP contribution in [0.5, 0.6) is 0 Å². The minimum Gasteiger partial charge on any atom is -0.478 e. The zero-order chi connectivity index (χ0) is 44.6. The number of fused-ring (bicyclic) bond motifs is 2. The number of carboxylic acids is 1. The first kappa shape index (κ1) is 49.7. The van der Waals surface area contributed by atoms with E-state index in [1.807, 2.05) is 108 Å². The van der Waals surface area contributed by atoms with Gasteiger partial charge in [0.25, 0.3) is 5.91 Å². The molecule has 0 radical (unpaired) electrons. The van der Waals surface area contributed by atoms with E-state index in [1.54, 1.807) is 35.7 Å². The topological polar surface area (TPSA) is 176 Å². The molecule has 8 rings (SSSR count). The van der Waals surface area contributed by atoms with Crippen LogP contribution >= 0.6 is 46.2 Å². The van der Waals surface area contributed by atoms with Crippen molar-refractivity contribution in [1.82, 2.24) is 15.3 Å². The number of aromatic carboxylic acids is 1. The number of nitrogens with one attached hydrogen (secondary N) is 3. The first-order valence-corrected chi connectivity index (χ1v) is 25.2. The Morgan fingerprint density at radius 1 is 0.703 bits per heavy atom. The molecule has 2 aromatic heterocycles. The summed E-state index contributed by atoms with van der Waals surface area (Å²) in [5, 5.41) is 23.7. The number of ketones is 2. The van der Waals surface area contributed by atoms with E-state index in [-0.39, 0.29) is 37.4 Å². The molecule has 0 saturated carbocycles. The summed E-state index contributed by atoms with van der Waals surface area (Å²) in [5.41, 5.74) is 15.2. The Hall–Kier alpha value is -5.32. The summed E-state index contributed by atoms with van der Waals surface area (Å²) >= 11 is 6.39. The predicted molar refractivity (Wildman–Crippen MR) is 269 cm³/mol. The maximum atomic E-state index is 13.1. The van der Waals surface area contributed by atoms with Crippen LogP contribution in [-0.4, -0.2) is 87.7 Å². The number of carbonyl (C=O) groups excluding carboxylic acids is 3. The Morgan fingerprint density at radius 2 is 1.19 bits per heavy atom. The number of hydrogen-bond donors (Lipinski definition) is 5. The van der Waals surface area contributed by atoms with Crippen molar-refractivity contribution in [3.8, 4) is 22.5 Å². The van der Waals surface area contributed by atoms with Crippen LogP contribution in [0.25, 0.3) is 22.5 Å². The van der Waals surface area contributed by atoms with E-state index in [0.717, 1.165) is 98.9 Å². The van der Waals surface area contributed by atoms with Crippen LogP contribution in [0.2, 0.25) is 0 Å². The highest BCUT2D eigenvalue weighted by Gasteiger charge is 2.24. The van der Waals surface area contributed by atoms with Gasteiger partial charge in [0.15, 0.2) is 11.6 Å². The third-order valence-electron chi connectivity index (χ3n) is 10.4. The molecular weight excluding hydrogens is 881 g/mol. The van der Waals surface area contributed by atoms with E-state index in [0.29, 0.717) is 24.0 Å². The Bertz CT molecular complexity index is 2460. The molecular formula is C49H56N6O5S4. The second-order valence-corrected chi connectivity index (χ2v) is 18.7. The number of carbonyl (C=O) groups is 4. The zero-order valence-corrected chi connectivity index (χ0v) is 38.6. The molecule has 2 aliphatic heterocycles. The summed E-state index contributed by atoms with van der Waals surface area (Å²) in [6.45, 7) is 1.81. The van der Waals surface area contributed by atoms with E-state index >= 15 is 0 Å². The number of amides is 1. The van der Waals surface area contributed by atoms with Crippen molar-refractivity contribution in [2.75, 3.05) is 47.7 Å². The Kier molecular flexibility index (Phi) is 19.6. The Balaban J connectivity index is 0.000000199. The number of thioether (sulfide) groups is 2. The highest BCUT2D eigenvalue weighted by molar-refractivity contribution is 7.98. The molecule has 1 amide bonds. The van der Waals surface area contributed by atoms with E-state index < -0.39 is 12.0 Å². The lowest BCUT2D eigenvalue weighted by Crippen LogP contribution is -2.42.